The molecular weight excluding hydrogens is 237 g/mol. The largest absolute Gasteiger partial charge is 0.496 e. The van der Waals surface area contributed by atoms with Crippen LogP contribution >= 0.6 is 0 Å². The van der Waals surface area contributed by atoms with Gasteiger partial charge in [0.1, 0.15) is 11.6 Å². The summed E-state index contributed by atoms with van der Waals surface area (Å²) in [6.07, 6.45) is 1.37. The molecule has 5 heteroatoms. The number of hydrogen-bond acceptors (Lipinski definition) is 3. The molecule has 0 unspecified atom stereocenters. The van der Waals surface area contributed by atoms with Gasteiger partial charge in [-0.25, -0.2) is 14.2 Å². The number of pyridine rings is 1. The molecule has 0 fully saturated rings. The fourth-order valence-corrected chi connectivity index (χ4v) is 1.68. The molecule has 0 radical (unpaired) electrons. The van der Waals surface area contributed by atoms with Gasteiger partial charge in [0.15, 0.2) is 5.69 Å². The van der Waals surface area contributed by atoms with Gasteiger partial charge in [0, 0.05) is 17.3 Å². The first kappa shape index (κ1) is 12.0. The molecule has 0 aliphatic carbocycles. The number of carbonyl (C=O) groups is 1. The molecule has 0 spiro atoms. The first-order chi connectivity index (χ1) is 8.63. The van der Waals surface area contributed by atoms with Gasteiger partial charge in [0.05, 0.1) is 7.11 Å². The lowest BCUT2D eigenvalue weighted by Gasteiger charge is -2.10. The Morgan fingerprint density at radius 2 is 2.11 bits per heavy atom. The van der Waals surface area contributed by atoms with E-state index in [9.17, 15) is 9.18 Å². The average molecular weight is 247 g/mol. The SMILES string of the molecule is COc1ccc(F)cc1-c1cccnc1C(=O)O. The number of halogens is 1. The first-order valence-corrected chi connectivity index (χ1v) is 5.15. The number of aromatic nitrogens is 1. The highest BCUT2D eigenvalue weighted by Gasteiger charge is 2.16. The molecular formula is C13H10FNO3. The fraction of sp³-hybridized carbons (Fsp3) is 0.0769. The van der Waals surface area contributed by atoms with Crippen molar-refractivity contribution in [3.63, 3.8) is 0 Å². The molecule has 1 heterocycles. The van der Waals surface area contributed by atoms with Crippen LogP contribution in [0.25, 0.3) is 11.1 Å². The highest BCUT2D eigenvalue weighted by Crippen LogP contribution is 2.32. The number of carboxylic acids is 1. The van der Waals surface area contributed by atoms with Gasteiger partial charge in [0.25, 0.3) is 0 Å². The highest BCUT2D eigenvalue weighted by molar-refractivity contribution is 5.94. The minimum Gasteiger partial charge on any atom is -0.496 e. The van der Waals surface area contributed by atoms with Gasteiger partial charge < -0.3 is 9.84 Å². The van der Waals surface area contributed by atoms with Crippen LogP contribution in [0.15, 0.2) is 36.5 Å². The van der Waals surface area contributed by atoms with Gasteiger partial charge >= 0.3 is 5.97 Å². The topological polar surface area (TPSA) is 59.4 Å². The molecule has 0 atom stereocenters. The maximum atomic E-state index is 13.3. The zero-order valence-electron chi connectivity index (χ0n) is 9.55. The van der Waals surface area contributed by atoms with Crippen molar-refractivity contribution in [2.75, 3.05) is 7.11 Å². The summed E-state index contributed by atoms with van der Waals surface area (Å²) in [6, 6.07) is 7.07. The third-order valence-corrected chi connectivity index (χ3v) is 2.46. The van der Waals surface area contributed by atoms with E-state index in [1.165, 1.54) is 31.5 Å². The monoisotopic (exact) mass is 247 g/mol. The molecule has 0 amide bonds. The molecule has 2 rings (SSSR count). The molecule has 1 N–H and O–H groups in total. The lowest BCUT2D eigenvalue weighted by molar-refractivity contribution is 0.0691. The molecule has 0 saturated heterocycles. The van der Waals surface area contributed by atoms with E-state index in [1.54, 1.807) is 12.1 Å². The Bertz CT molecular complexity index is 599. The summed E-state index contributed by atoms with van der Waals surface area (Å²) in [5, 5.41) is 9.06. The Hall–Kier alpha value is -2.43. The Kier molecular flexibility index (Phi) is 3.23. The van der Waals surface area contributed by atoms with E-state index in [4.69, 9.17) is 9.84 Å². The Morgan fingerprint density at radius 3 is 2.78 bits per heavy atom. The van der Waals surface area contributed by atoms with Crippen molar-refractivity contribution in [2.24, 2.45) is 0 Å². The lowest BCUT2D eigenvalue weighted by Crippen LogP contribution is -2.03. The van der Waals surface area contributed by atoms with Crippen molar-refractivity contribution >= 4 is 5.97 Å². The van der Waals surface area contributed by atoms with Crippen molar-refractivity contribution < 1.29 is 19.0 Å². The molecule has 1 aromatic heterocycles. The molecule has 0 aliphatic rings. The summed E-state index contributed by atoms with van der Waals surface area (Å²) in [7, 11) is 1.44. The predicted molar refractivity (Wildman–Crippen MR) is 63.1 cm³/mol. The van der Waals surface area contributed by atoms with Crippen LogP contribution in [0, 0.1) is 5.82 Å². The van der Waals surface area contributed by atoms with E-state index >= 15 is 0 Å². The van der Waals surface area contributed by atoms with Crippen molar-refractivity contribution in [2.45, 2.75) is 0 Å². The smallest absolute Gasteiger partial charge is 0.355 e. The van der Waals surface area contributed by atoms with E-state index in [1.807, 2.05) is 0 Å². The Balaban J connectivity index is 2.68. The number of nitrogens with zero attached hydrogens (tertiary/aromatic N) is 1. The van der Waals surface area contributed by atoms with Gasteiger partial charge in [-0.15, -0.1) is 0 Å². The van der Waals surface area contributed by atoms with E-state index in [2.05, 4.69) is 4.98 Å². The molecule has 0 bridgehead atoms. The normalized spacial score (nSPS) is 10.1. The molecule has 1 aromatic carbocycles. The molecule has 0 aliphatic heterocycles. The van der Waals surface area contributed by atoms with E-state index < -0.39 is 11.8 Å². The van der Waals surface area contributed by atoms with Gasteiger partial charge in [-0.3, -0.25) is 0 Å². The summed E-state index contributed by atoms with van der Waals surface area (Å²) < 4.78 is 18.4. The number of rotatable bonds is 3. The van der Waals surface area contributed by atoms with Crippen molar-refractivity contribution in [1.82, 2.24) is 4.98 Å². The molecule has 18 heavy (non-hydrogen) atoms. The third-order valence-electron chi connectivity index (χ3n) is 2.46. The van der Waals surface area contributed by atoms with Crippen LogP contribution in [0.4, 0.5) is 4.39 Å². The second-order valence-electron chi connectivity index (χ2n) is 3.55. The zero-order valence-corrected chi connectivity index (χ0v) is 9.55. The molecule has 0 saturated carbocycles. The van der Waals surface area contributed by atoms with Crippen LogP contribution in [0.2, 0.25) is 0 Å². The van der Waals surface area contributed by atoms with Gasteiger partial charge in [-0.05, 0) is 24.3 Å². The maximum absolute atomic E-state index is 13.3. The highest BCUT2D eigenvalue weighted by atomic mass is 19.1. The van der Waals surface area contributed by atoms with Crippen LogP contribution < -0.4 is 4.74 Å². The van der Waals surface area contributed by atoms with Crippen molar-refractivity contribution in [1.29, 1.82) is 0 Å². The minimum absolute atomic E-state index is 0.138. The average Bonchev–Trinajstić information content (AvgIpc) is 2.38. The molecule has 2 aromatic rings. The van der Waals surface area contributed by atoms with E-state index in [0.717, 1.165) is 0 Å². The van der Waals surface area contributed by atoms with Crippen molar-refractivity contribution in [3.05, 3.63) is 48.0 Å². The number of ether oxygens (including phenoxy) is 1. The van der Waals surface area contributed by atoms with E-state index in [0.29, 0.717) is 16.9 Å². The maximum Gasteiger partial charge on any atom is 0.355 e. The number of carboxylic acid groups (broad SMARTS) is 1. The summed E-state index contributed by atoms with van der Waals surface area (Å²) in [5.41, 5.74) is 0.547. The second-order valence-corrected chi connectivity index (χ2v) is 3.55. The number of benzene rings is 1. The van der Waals surface area contributed by atoms with Gasteiger partial charge in [-0.2, -0.15) is 0 Å². The van der Waals surface area contributed by atoms with E-state index in [-0.39, 0.29) is 5.69 Å². The fourth-order valence-electron chi connectivity index (χ4n) is 1.68. The first-order valence-electron chi connectivity index (χ1n) is 5.15. The van der Waals surface area contributed by atoms with Crippen LogP contribution in [0.5, 0.6) is 5.75 Å². The molecule has 4 nitrogen and oxygen atoms in total. The number of methoxy groups -OCH3 is 1. The quantitative estimate of drug-likeness (QED) is 0.905. The Labute approximate surface area is 103 Å². The van der Waals surface area contributed by atoms with Crippen LogP contribution in [0.1, 0.15) is 10.5 Å². The lowest BCUT2D eigenvalue weighted by atomic mass is 10.0. The Morgan fingerprint density at radius 1 is 1.33 bits per heavy atom. The summed E-state index contributed by atoms with van der Waals surface area (Å²) in [4.78, 5) is 14.9. The number of aromatic carboxylic acids is 1. The standard InChI is InChI=1S/C13H10FNO3/c1-18-11-5-4-8(14)7-10(11)9-3-2-6-15-12(9)13(16)17/h2-7H,1H3,(H,16,17). The zero-order chi connectivity index (χ0) is 13.1. The van der Waals surface area contributed by atoms with Crippen LogP contribution in [0.3, 0.4) is 0 Å². The van der Waals surface area contributed by atoms with Crippen LogP contribution in [-0.2, 0) is 0 Å². The number of hydrogen-bond donors (Lipinski definition) is 1. The van der Waals surface area contributed by atoms with Crippen molar-refractivity contribution in [3.8, 4) is 16.9 Å². The summed E-state index contributed by atoms with van der Waals surface area (Å²) >= 11 is 0. The molecule has 92 valence electrons. The third kappa shape index (κ3) is 2.15. The second kappa shape index (κ2) is 4.83. The summed E-state index contributed by atoms with van der Waals surface area (Å²) in [5.74, 6) is -1.24. The van der Waals surface area contributed by atoms with Gasteiger partial charge in [0.2, 0.25) is 0 Å². The predicted octanol–water partition coefficient (Wildman–Crippen LogP) is 2.59. The minimum atomic E-state index is -1.17. The van der Waals surface area contributed by atoms with Gasteiger partial charge in [-0.1, -0.05) is 6.07 Å². The summed E-state index contributed by atoms with van der Waals surface area (Å²) in [6.45, 7) is 0. The van der Waals surface area contributed by atoms with Crippen LogP contribution in [-0.4, -0.2) is 23.2 Å².